The number of aliphatic hydroxyl groups is 1. The van der Waals surface area contributed by atoms with Gasteiger partial charge in [0.1, 0.15) is 0 Å². The molecule has 0 aliphatic heterocycles. The molecule has 0 bridgehead atoms. The number of nitrogens with one attached hydrogen (secondary N) is 1. The molecule has 100 valence electrons. The van der Waals surface area contributed by atoms with Gasteiger partial charge < -0.3 is 10.4 Å². The second kappa shape index (κ2) is 5.25. The molecule has 1 aromatic carbocycles. The molecule has 0 saturated heterocycles. The first-order valence-corrected chi connectivity index (χ1v) is 7.62. The van der Waals surface area contributed by atoms with Gasteiger partial charge in [-0.05, 0) is 30.2 Å². The number of hydrogen-bond acceptors (Lipinski definition) is 3. The molecule has 0 fully saturated rings. The van der Waals surface area contributed by atoms with Gasteiger partial charge in [0.15, 0.2) is 0 Å². The average Bonchev–Trinajstić information content (AvgIpc) is 2.95. The molecule has 19 heavy (non-hydrogen) atoms. The van der Waals surface area contributed by atoms with Gasteiger partial charge in [-0.2, -0.15) is 0 Å². The summed E-state index contributed by atoms with van der Waals surface area (Å²) in [6.45, 7) is 2.11. The smallest absolute Gasteiger partial charge is 0.0931 e. The lowest BCUT2D eigenvalue weighted by Crippen LogP contribution is -2.30. The van der Waals surface area contributed by atoms with Gasteiger partial charge in [-0.25, -0.2) is 0 Å². The fraction of sp³-hybridized carbons (Fsp3) is 0.333. The Kier molecular flexibility index (Phi) is 3.63. The molecule has 4 heteroatoms. The van der Waals surface area contributed by atoms with Gasteiger partial charge in [0.2, 0.25) is 0 Å². The zero-order valence-corrected chi connectivity index (χ0v) is 12.2. The number of thiophene rings is 1. The average molecular weight is 294 g/mol. The highest BCUT2D eigenvalue weighted by Gasteiger charge is 2.31. The fourth-order valence-electron chi connectivity index (χ4n) is 2.69. The van der Waals surface area contributed by atoms with Crippen LogP contribution < -0.4 is 5.32 Å². The Balaban J connectivity index is 1.80. The maximum Gasteiger partial charge on any atom is 0.0931 e. The van der Waals surface area contributed by atoms with E-state index in [1.54, 1.807) is 11.3 Å². The second-order valence-electron chi connectivity index (χ2n) is 4.98. The van der Waals surface area contributed by atoms with Crippen molar-refractivity contribution in [3.8, 4) is 0 Å². The van der Waals surface area contributed by atoms with Crippen LogP contribution in [0.15, 0.2) is 36.4 Å². The number of hydrogen-bond donors (Lipinski definition) is 2. The summed E-state index contributed by atoms with van der Waals surface area (Å²) in [5.41, 5.74) is 2.45. The molecule has 1 aliphatic carbocycles. The summed E-state index contributed by atoms with van der Waals surface area (Å²) in [5.74, 6) is 0. The van der Waals surface area contributed by atoms with E-state index in [0.717, 1.165) is 10.8 Å². The summed E-state index contributed by atoms with van der Waals surface area (Å²) in [5, 5.41) is 13.7. The molecule has 2 N–H and O–H groups in total. The van der Waals surface area contributed by atoms with Gasteiger partial charge in [-0.15, -0.1) is 11.3 Å². The Labute approximate surface area is 122 Å². The van der Waals surface area contributed by atoms with Crippen LogP contribution in [-0.4, -0.2) is 11.2 Å². The maximum atomic E-state index is 10.2. The summed E-state index contributed by atoms with van der Waals surface area (Å²) in [4.78, 5) is 1.20. The minimum Gasteiger partial charge on any atom is -0.391 e. The van der Waals surface area contributed by atoms with Gasteiger partial charge in [0.25, 0.3) is 0 Å². The number of halogens is 1. The van der Waals surface area contributed by atoms with Crippen LogP contribution in [0.5, 0.6) is 0 Å². The van der Waals surface area contributed by atoms with E-state index in [-0.39, 0.29) is 18.2 Å². The minimum atomic E-state index is -0.352. The first-order chi connectivity index (χ1) is 9.15. The van der Waals surface area contributed by atoms with E-state index in [4.69, 9.17) is 11.6 Å². The van der Waals surface area contributed by atoms with E-state index in [1.165, 1.54) is 16.0 Å². The zero-order valence-electron chi connectivity index (χ0n) is 10.6. The van der Waals surface area contributed by atoms with E-state index in [9.17, 15) is 5.11 Å². The van der Waals surface area contributed by atoms with Crippen molar-refractivity contribution in [3.05, 3.63) is 56.7 Å². The summed E-state index contributed by atoms with van der Waals surface area (Å²) in [7, 11) is 0. The van der Waals surface area contributed by atoms with Crippen LogP contribution in [0.2, 0.25) is 4.34 Å². The highest BCUT2D eigenvalue weighted by atomic mass is 35.5. The lowest BCUT2D eigenvalue weighted by atomic mass is 10.1. The molecule has 0 radical (unpaired) electrons. The number of rotatable bonds is 3. The molecule has 3 rings (SSSR count). The topological polar surface area (TPSA) is 32.3 Å². The molecule has 3 atom stereocenters. The van der Waals surface area contributed by atoms with Crippen LogP contribution in [0.3, 0.4) is 0 Å². The van der Waals surface area contributed by atoms with Crippen LogP contribution in [-0.2, 0) is 6.42 Å². The SMILES string of the molecule is CC(NC1c2ccccc2CC1O)c1ccc(Cl)s1. The highest BCUT2D eigenvalue weighted by molar-refractivity contribution is 7.16. The number of fused-ring (bicyclic) bond motifs is 1. The summed E-state index contributed by atoms with van der Waals surface area (Å²) < 4.78 is 0.802. The normalized spacial score (nSPS) is 23.3. The van der Waals surface area contributed by atoms with Crippen LogP contribution >= 0.6 is 22.9 Å². The third-order valence-electron chi connectivity index (χ3n) is 3.65. The van der Waals surface area contributed by atoms with Crippen molar-refractivity contribution in [3.63, 3.8) is 0 Å². The largest absolute Gasteiger partial charge is 0.391 e. The van der Waals surface area contributed by atoms with Crippen molar-refractivity contribution in [1.82, 2.24) is 5.32 Å². The van der Waals surface area contributed by atoms with Crippen molar-refractivity contribution >= 4 is 22.9 Å². The third-order valence-corrected chi connectivity index (χ3v) is 5.07. The summed E-state index contributed by atoms with van der Waals surface area (Å²) in [6.07, 6.45) is 0.376. The fourth-order valence-corrected chi connectivity index (χ4v) is 3.76. The minimum absolute atomic E-state index is 0.00655. The van der Waals surface area contributed by atoms with Crippen molar-refractivity contribution in [2.45, 2.75) is 31.5 Å². The molecule has 1 heterocycles. The van der Waals surface area contributed by atoms with Crippen LogP contribution in [0.4, 0.5) is 0 Å². The van der Waals surface area contributed by atoms with Gasteiger partial charge in [0, 0.05) is 17.3 Å². The monoisotopic (exact) mass is 293 g/mol. The van der Waals surface area contributed by atoms with Crippen LogP contribution in [0.25, 0.3) is 0 Å². The van der Waals surface area contributed by atoms with E-state index in [2.05, 4.69) is 24.4 Å². The Bertz CT molecular complexity index is 583. The number of benzene rings is 1. The van der Waals surface area contributed by atoms with Gasteiger partial charge in [-0.3, -0.25) is 0 Å². The lowest BCUT2D eigenvalue weighted by Gasteiger charge is -2.22. The zero-order chi connectivity index (χ0) is 13.4. The quantitative estimate of drug-likeness (QED) is 0.904. The van der Waals surface area contributed by atoms with Gasteiger partial charge in [-0.1, -0.05) is 35.9 Å². The Hall–Kier alpha value is -0.870. The first kappa shape index (κ1) is 13.1. The molecule has 1 aliphatic rings. The van der Waals surface area contributed by atoms with E-state index in [1.807, 2.05) is 24.3 Å². The van der Waals surface area contributed by atoms with Gasteiger partial charge in [0.05, 0.1) is 16.5 Å². The maximum absolute atomic E-state index is 10.2. The molecule has 1 aromatic heterocycles. The molecule has 0 amide bonds. The van der Waals surface area contributed by atoms with E-state index >= 15 is 0 Å². The summed E-state index contributed by atoms with van der Waals surface area (Å²) >= 11 is 7.56. The Morgan fingerprint density at radius 1 is 1.32 bits per heavy atom. The van der Waals surface area contributed by atoms with E-state index in [0.29, 0.717) is 0 Å². The molecule has 0 saturated carbocycles. The van der Waals surface area contributed by atoms with Crippen molar-refractivity contribution in [2.75, 3.05) is 0 Å². The predicted molar refractivity (Wildman–Crippen MR) is 79.8 cm³/mol. The molecular weight excluding hydrogens is 278 g/mol. The van der Waals surface area contributed by atoms with Crippen molar-refractivity contribution in [2.24, 2.45) is 0 Å². The molecule has 2 nitrogen and oxygen atoms in total. The molecule has 2 aromatic rings. The summed E-state index contributed by atoms with van der Waals surface area (Å²) in [6, 6.07) is 12.4. The lowest BCUT2D eigenvalue weighted by molar-refractivity contribution is 0.136. The van der Waals surface area contributed by atoms with Crippen LogP contribution in [0, 0.1) is 0 Å². The van der Waals surface area contributed by atoms with Gasteiger partial charge >= 0.3 is 0 Å². The molecule has 0 spiro atoms. The van der Waals surface area contributed by atoms with Crippen molar-refractivity contribution < 1.29 is 5.11 Å². The number of aliphatic hydroxyl groups excluding tert-OH is 1. The Morgan fingerprint density at radius 2 is 2.11 bits per heavy atom. The first-order valence-electron chi connectivity index (χ1n) is 6.42. The predicted octanol–water partition coefficient (Wildman–Crippen LogP) is 3.71. The van der Waals surface area contributed by atoms with Crippen LogP contribution in [0.1, 0.15) is 35.0 Å². The molecular formula is C15H16ClNOS. The standard InChI is InChI=1S/C15H16ClNOS/c1-9(13-6-7-14(16)19-13)17-15-11-5-3-2-4-10(11)8-12(15)18/h2-7,9,12,15,17-18H,8H2,1H3. The highest BCUT2D eigenvalue weighted by Crippen LogP contribution is 2.34. The third kappa shape index (κ3) is 2.56. The van der Waals surface area contributed by atoms with Crippen molar-refractivity contribution in [1.29, 1.82) is 0 Å². The molecule has 3 unspecified atom stereocenters. The van der Waals surface area contributed by atoms with E-state index < -0.39 is 0 Å². The Morgan fingerprint density at radius 3 is 2.84 bits per heavy atom. The second-order valence-corrected chi connectivity index (χ2v) is 6.72.